The molecule has 6 heteroatoms. The Morgan fingerprint density at radius 3 is 2.50 bits per heavy atom. The number of hydrogen-bond acceptors (Lipinski definition) is 5. The lowest BCUT2D eigenvalue weighted by Gasteiger charge is -2.21. The van der Waals surface area contributed by atoms with Gasteiger partial charge in [0.2, 0.25) is 0 Å². The van der Waals surface area contributed by atoms with Crippen LogP contribution in [0.1, 0.15) is 28.5 Å². The first-order chi connectivity index (χ1) is 13.5. The highest BCUT2D eigenvalue weighted by atomic mass is 16.5. The molecule has 1 aromatic heterocycles. The Morgan fingerprint density at radius 1 is 1.07 bits per heavy atom. The van der Waals surface area contributed by atoms with Gasteiger partial charge in [-0.05, 0) is 56.2 Å². The molecule has 28 heavy (non-hydrogen) atoms. The van der Waals surface area contributed by atoms with E-state index in [0.717, 1.165) is 22.5 Å². The highest BCUT2D eigenvalue weighted by Gasteiger charge is 2.18. The molecule has 0 spiro atoms. The standard InChI is InChI=1S/C22H24N4O2/c1-5-26(17-8-6-7-15(2)11-17)22(27)19-13-24-21(14-23-19)25-18-12-16(3)9-10-20(18)28-4/h6-14H,5H2,1-4H3,(H,24,25). The van der Waals surface area contributed by atoms with E-state index in [1.54, 1.807) is 18.2 Å². The van der Waals surface area contributed by atoms with Gasteiger partial charge >= 0.3 is 0 Å². The molecule has 0 aliphatic rings. The molecule has 6 nitrogen and oxygen atoms in total. The number of hydrogen-bond donors (Lipinski definition) is 1. The number of nitrogens with zero attached hydrogens (tertiary/aromatic N) is 3. The van der Waals surface area contributed by atoms with Crippen molar-refractivity contribution in [2.24, 2.45) is 0 Å². The number of benzene rings is 2. The predicted octanol–water partition coefficient (Wildman–Crippen LogP) is 4.51. The second-order valence-electron chi connectivity index (χ2n) is 6.50. The second kappa shape index (κ2) is 8.52. The minimum absolute atomic E-state index is 0.180. The molecule has 1 heterocycles. The van der Waals surface area contributed by atoms with Crippen LogP contribution in [-0.4, -0.2) is 29.5 Å². The fraction of sp³-hybridized carbons (Fsp3) is 0.227. The van der Waals surface area contributed by atoms with Crippen LogP contribution in [0.2, 0.25) is 0 Å². The number of methoxy groups -OCH3 is 1. The molecule has 0 aliphatic carbocycles. The summed E-state index contributed by atoms with van der Waals surface area (Å²) in [6.45, 7) is 6.49. The molecule has 1 N–H and O–H groups in total. The summed E-state index contributed by atoms with van der Waals surface area (Å²) in [7, 11) is 1.62. The fourth-order valence-corrected chi connectivity index (χ4v) is 2.94. The summed E-state index contributed by atoms with van der Waals surface area (Å²) >= 11 is 0. The summed E-state index contributed by atoms with van der Waals surface area (Å²) in [5, 5.41) is 3.19. The van der Waals surface area contributed by atoms with E-state index in [1.807, 2.05) is 63.2 Å². The van der Waals surface area contributed by atoms with Crippen LogP contribution in [0.4, 0.5) is 17.2 Å². The first-order valence-electron chi connectivity index (χ1n) is 9.14. The average Bonchev–Trinajstić information content (AvgIpc) is 2.69. The normalized spacial score (nSPS) is 10.4. The Morgan fingerprint density at radius 2 is 1.86 bits per heavy atom. The van der Waals surface area contributed by atoms with Crippen LogP contribution < -0.4 is 15.0 Å². The van der Waals surface area contributed by atoms with Crippen molar-refractivity contribution in [1.82, 2.24) is 9.97 Å². The van der Waals surface area contributed by atoms with Gasteiger partial charge in [-0.2, -0.15) is 0 Å². The molecule has 0 saturated heterocycles. The molecule has 3 rings (SSSR count). The van der Waals surface area contributed by atoms with E-state index in [9.17, 15) is 4.79 Å². The van der Waals surface area contributed by atoms with E-state index in [0.29, 0.717) is 23.8 Å². The van der Waals surface area contributed by atoms with E-state index < -0.39 is 0 Å². The number of carbonyl (C=O) groups excluding carboxylic acids is 1. The molecule has 0 atom stereocenters. The smallest absolute Gasteiger partial charge is 0.278 e. The van der Waals surface area contributed by atoms with Crippen molar-refractivity contribution in [3.63, 3.8) is 0 Å². The topological polar surface area (TPSA) is 67.4 Å². The molecular formula is C22H24N4O2. The summed E-state index contributed by atoms with van der Waals surface area (Å²) in [6.07, 6.45) is 3.05. The predicted molar refractivity (Wildman–Crippen MR) is 112 cm³/mol. The van der Waals surface area contributed by atoms with Gasteiger partial charge in [-0.15, -0.1) is 0 Å². The van der Waals surface area contributed by atoms with Crippen molar-refractivity contribution < 1.29 is 9.53 Å². The van der Waals surface area contributed by atoms with Gasteiger partial charge in [-0.1, -0.05) is 18.2 Å². The van der Waals surface area contributed by atoms with Gasteiger partial charge in [0, 0.05) is 12.2 Å². The summed E-state index contributed by atoms with van der Waals surface area (Å²) < 4.78 is 5.37. The quantitative estimate of drug-likeness (QED) is 0.685. The van der Waals surface area contributed by atoms with Gasteiger partial charge in [-0.3, -0.25) is 4.79 Å². The number of aryl methyl sites for hydroxylation is 2. The highest BCUT2D eigenvalue weighted by molar-refractivity contribution is 6.04. The van der Waals surface area contributed by atoms with Crippen molar-refractivity contribution in [3.8, 4) is 5.75 Å². The maximum atomic E-state index is 12.9. The summed E-state index contributed by atoms with van der Waals surface area (Å²) in [5.41, 5.74) is 4.14. The van der Waals surface area contributed by atoms with Gasteiger partial charge in [0.05, 0.1) is 25.2 Å². The molecule has 3 aromatic rings. The van der Waals surface area contributed by atoms with Gasteiger partial charge in [0.15, 0.2) is 0 Å². The van der Waals surface area contributed by atoms with E-state index >= 15 is 0 Å². The molecule has 0 unspecified atom stereocenters. The van der Waals surface area contributed by atoms with Gasteiger partial charge < -0.3 is 15.0 Å². The highest BCUT2D eigenvalue weighted by Crippen LogP contribution is 2.27. The fourth-order valence-electron chi connectivity index (χ4n) is 2.94. The van der Waals surface area contributed by atoms with E-state index in [2.05, 4.69) is 15.3 Å². The second-order valence-corrected chi connectivity index (χ2v) is 6.50. The summed E-state index contributed by atoms with van der Waals surface area (Å²) in [6, 6.07) is 13.7. The largest absolute Gasteiger partial charge is 0.495 e. The third-order valence-electron chi connectivity index (χ3n) is 4.36. The van der Waals surface area contributed by atoms with Crippen LogP contribution in [0.5, 0.6) is 5.75 Å². The van der Waals surface area contributed by atoms with Gasteiger partial charge in [0.1, 0.15) is 17.3 Å². The van der Waals surface area contributed by atoms with Crippen LogP contribution in [-0.2, 0) is 0 Å². The SMILES string of the molecule is CCN(C(=O)c1cnc(Nc2cc(C)ccc2OC)cn1)c1cccc(C)c1. The average molecular weight is 376 g/mol. The Bertz CT molecular complexity index is 971. The lowest BCUT2D eigenvalue weighted by Crippen LogP contribution is -2.31. The molecule has 0 bridgehead atoms. The zero-order valence-corrected chi connectivity index (χ0v) is 16.6. The number of carbonyl (C=O) groups is 1. The first kappa shape index (κ1) is 19.4. The molecule has 0 fully saturated rings. The lowest BCUT2D eigenvalue weighted by molar-refractivity contribution is 0.0983. The number of nitrogens with one attached hydrogen (secondary N) is 1. The molecule has 2 aromatic carbocycles. The molecule has 144 valence electrons. The minimum Gasteiger partial charge on any atom is -0.495 e. The van der Waals surface area contributed by atoms with Crippen molar-refractivity contribution in [2.75, 3.05) is 23.9 Å². The monoisotopic (exact) mass is 376 g/mol. The van der Waals surface area contributed by atoms with Crippen LogP contribution in [0.3, 0.4) is 0 Å². The maximum Gasteiger partial charge on any atom is 0.278 e. The number of rotatable bonds is 6. The van der Waals surface area contributed by atoms with Crippen molar-refractivity contribution in [1.29, 1.82) is 0 Å². The minimum atomic E-state index is -0.180. The third-order valence-corrected chi connectivity index (χ3v) is 4.36. The van der Waals surface area contributed by atoms with Crippen molar-refractivity contribution in [3.05, 3.63) is 71.7 Å². The van der Waals surface area contributed by atoms with Gasteiger partial charge in [0.25, 0.3) is 5.91 Å². The number of anilines is 3. The lowest BCUT2D eigenvalue weighted by atomic mass is 10.2. The Balaban J connectivity index is 1.80. The number of ether oxygens (including phenoxy) is 1. The molecule has 0 saturated carbocycles. The zero-order chi connectivity index (χ0) is 20.1. The maximum absolute atomic E-state index is 12.9. The van der Waals surface area contributed by atoms with E-state index in [-0.39, 0.29) is 5.91 Å². The Labute approximate surface area is 165 Å². The van der Waals surface area contributed by atoms with Crippen LogP contribution in [0, 0.1) is 13.8 Å². The molecule has 0 radical (unpaired) electrons. The molecular weight excluding hydrogens is 352 g/mol. The Kier molecular flexibility index (Phi) is 5.89. The van der Waals surface area contributed by atoms with E-state index in [1.165, 1.54) is 6.20 Å². The van der Waals surface area contributed by atoms with Crippen LogP contribution >= 0.6 is 0 Å². The number of aromatic nitrogens is 2. The molecule has 0 aliphatic heterocycles. The van der Waals surface area contributed by atoms with E-state index in [4.69, 9.17) is 4.74 Å². The zero-order valence-electron chi connectivity index (χ0n) is 16.6. The van der Waals surface area contributed by atoms with Crippen molar-refractivity contribution in [2.45, 2.75) is 20.8 Å². The first-order valence-corrected chi connectivity index (χ1v) is 9.14. The Hall–Kier alpha value is -3.41. The van der Waals surface area contributed by atoms with Gasteiger partial charge in [-0.25, -0.2) is 9.97 Å². The number of amides is 1. The van der Waals surface area contributed by atoms with Crippen LogP contribution in [0.25, 0.3) is 0 Å². The van der Waals surface area contributed by atoms with Crippen LogP contribution in [0.15, 0.2) is 54.9 Å². The summed E-state index contributed by atoms with van der Waals surface area (Å²) in [4.78, 5) is 23.2. The molecule has 1 amide bonds. The third kappa shape index (κ3) is 4.28. The summed E-state index contributed by atoms with van der Waals surface area (Å²) in [5.74, 6) is 1.07. The van der Waals surface area contributed by atoms with Crippen molar-refractivity contribution >= 4 is 23.1 Å².